The zero-order valence-corrected chi connectivity index (χ0v) is 12.2. The highest BCUT2D eigenvalue weighted by Crippen LogP contribution is 2.35. The van der Waals surface area contributed by atoms with E-state index in [0.29, 0.717) is 16.9 Å². The molecule has 23 heavy (non-hydrogen) atoms. The molecule has 0 spiro atoms. The smallest absolute Gasteiger partial charge is 0.291 e. The molecule has 2 aromatic carbocycles. The number of nitrogens with one attached hydrogen (secondary N) is 1. The molecular weight excluding hydrogens is 297 g/mol. The number of carbonyl (C=O) groups excluding carboxylic acids is 1. The number of para-hydroxylation sites is 1. The molecule has 5 heteroatoms. The number of carbonyl (C=O) groups is 1. The van der Waals surface area contributed by atoms with Gasteiger partial charge < -0.3 is 15.2 Å². The average molecular weight is 311 g/mol. The van der Waals surface area contributed by atoms with E-state index in [1.165, 1.54) is 12.1 Å². The summed E-state index contributed by atoms with van der Waals surface area (Å²) in [6.07, 6.45) is 0. The number of fused-ring (bicyclic) bond motifs is 1. The molecule has 0 bridgehead atoms. The Morgan fingerprint density at radius 1 is 1.17 bits per heavy atom. The van der Waals surface area contributed by atoms with Gasteiger partial charge in [-0.3, -0.25) is 4.79 Å². The van der Waals surface area contributed by atoms with Crippen LogP contribution in [0.15, 0.2) is 66.6 Å². The van der Waals surface area contributed by atoms with Crippen molar-refractivity contribution in [2.75, 3.05) is 0 Å². The molecule has 4 nitrogen and oxygen atoms in total. The summed E-state index contributed by atoms with van der Waals surface area (Å²) in [5.74, 6) is -0.940. The molecule has 0 aliphatic carbocycles. The highest BCUT2D eigenvalue weighted by Gasteiger charge is 2.27. The summed E-state index contributed by atoms with van der Waals surface area (Å²) in [6, 6.07) is 12.8. The molecule has 1 aliphatic heterocycles. The Hall–Kier alpha value is -3.08. The third-order valence-electron chi connectivity index (χ3n) is 3.50. The van der Waals surface area contributed by atoms with Gasteiger partial charge in [0.1, 0.15) is 11.6 Å². The van der Waals surface area contributed by atoms with Crippen LogP contribution in [0.3, 0.4) is 0 Å². The van der Waals surface area contributed by atoms with Crippen LogP contribution < -0.4 is 10.1 Å². The van der Waals surface area contributed by atoms with Crippen molar-refractivity contribution in [3.05, 3.63) is 83.6 Å². The summed E-state index contributed by atoms with van der Waals surface area (Å²) in [5, 5.41) is 12.8. The molecule has 3 rings (SSSR count). The first-order valence-corrected chi connectivity index (χ1v) is 6.98. The Balaban J connectivity index is 1.76. The van der Waals surface area contributed by atoms with Crippen LogP contribution in [-0.4, -0.2) is 11.0 Å². The molecule has 0 fully saturated rings. The van der Waals surface area contributed by atoms with Crippen molar-refractivity contribution in [1.82, 2.24) is 5.32 Å². The van der Waals surface area contributed by atoms with E-state index in [2.05, 4.69) is 11.9 Å². The fourth-order valence-electron chi connectivity index (χ4n) is 2.25. The zero-order valence-electron chi connectivity index (χ0n) is 12.2. The lowest BCUT2D eigenvalue weighted by Gasteiger charge is -2.21. The molecule has 1 aliphatic rings. The van der Waals surface area contributed by atoms with Crippen LogP contribution in [0.1, 0.15) is 11.1 Å². The lowest BCUT2D eigenvalue weighted by molar-refractivity contribution is -0.120. The number of halogens is 1. The maximum atomic E-state index is 12.9. The minimum absolute atomic E-state index is 0.188. The predicted molar refractivity (Wildman–Crippen MR) is 84.0 cm³/mol. The second-order valence-corrected chi connectivity index (χ2v) is 5.06. The number of hydrogen-bond acceptors (Lipinski definition) is 3. The first-order valence-electron chi connectivity index (χ1n) is 6.98. The Labute approximate surface area is 132 Å². The normalized spacial score (nSPS) is 13.3. The lowest BCUT2D eigenvalue weighted by atomic mass is 10.0. The molecule has 2 aromatic rings. The minimum Gasteiger partial charge on any atom is -0.504 e. The van der Waals surface area contributed by atoms with Gasteiger partial charge in [-0.25, -0.2) is 4.39 Å². The van der Waals surface area contributed by atoms with Gasteiger partial charge in [0.25, 0.3) is 5.91 Å². The zero-order chi connectivity index (χ0) is 16.4. The largest absolute Gasteiger partial charge is 0.504 e. The van der Waals surface area contributed by atoms with E-state index in [4.69, 9.17) is 4.74 Å². The van der Waals surface area contributed by atoms with Crippen LogP contribution in [0.25, 0.3) is 5.57 Å². The fourth-order valence-corrected chi connectivity index (χ4v) is 2.25. The van der Waals surface area contributed by atoms with Crippen LogP contribution in [0.2, 0.25) is 0 Å². The molecule has 0 saturated carbocycles. The Kier molecular flexibility index (Phi) is 3.85. The highest BCUT2D eigenvalue weighted by molar-refractivity contribution is 5.98. The van der Waals surface area contributed by atoms with Gasteiger partial charge in [0.2, 0.25) is 5.76 Å². The first kappa shape index (κ1) is 14.8. The van der Waals surface area contributed by atoms with Gasteiger partial charge in [-0.2, -0.15) is 0 Å². The highest BCUT2D eigenvalue weighted by atomic mass is 19.1. The van der Waals surface area contributed by atoms with Crippen LogP contribution in [0, 0.1) is 5.82 Å². The molecular formula is C18H14FNO3. The number of aliphatic hydroxyl groups is 1. The van der Waals surface area contributed by atoms with E-state index in [1.807, 2.05) is 0 Å². The summed E-state index contributed by atoms with van der Waals surface area (Å²) >= 11 is 0. The third kappa shape index (κ3) is 2.94. The van der Waals surface area contributed by atoms with E-state index in [0.717, 1.165) is 5.56 Å². The standard InChI is InChI=1S/C18H14FNO3/c1-11-14-4-2-3-5-15(14)23-17(16(11)21)18(22)20-10-12-6-8-13(19)9-7-12/h2-9,21H,1,10H2,(H,20,22). The number of aliphatic hydroxyl groups excluding tert-OH is 1. The van der Waals surface area contributed by atoms with Gasteiger partial charge in [-0.15, -0.1) is 0 Å². The van der Waals surface area contributed by atoms with E-state index in [-0.39, 0.29) is 23.9 Å². The predicted octanol–water partition coefficient (Wildman–Crippen LogP) is 3.32. The van der Waals surface area contributed by atoms with Crippen LogP contribution in [-0.2, 0) is 11.3 Å². The number of rotatable bonds is 3. The van der Waals surface area contributed by atoms with Crippen LogP contribution in [0.5, 0.6) is 5.75 Å². The van der Waals surface area contributed by atoms with Crippen LogP contribution in [0.4, 0.5) is 4.39 Å². The summed E-state index contributed by atoms with van der Waals surface area (Å²) in [6.45, 7) is 3.98. The summed E-state index contributed by atoms with van der Waals surface area (Å²) in [4.78, 5) is 12.2. The second kappa shape index (κ2) is 5.96. The lowest BCUT2D eigenvalue weighted by Crippen LogP contribution is -2.29. The number of amides is 1. The molecule has 0 saturated heterocycles. The number of benzene rings is 2. The van der Waals surface area contributed by atoms with Gasteiger partial charge in [-0.05, 0) is 23.8 Å². The molecule has 0 radical (unpaired) electrons. The van der Waals surface area contributed by atoms with Crippen molar-refractivity contribution in [3.8, 4) is 5.75 Å². The third-order valence-corrected chi connectivity index (χ3v) is 3.50. The van der Waals surface area contributed by atoms with Crippen molar-refractivity contribution in [1.29, 1.82) is 0 Å². The maximum Gasteiger partial charge on any atom is 0.291 e. The Morgan fingerprint density at radius 3 is 2.61 bits per heavy atom. The molecule has 1 heterocycles. The second-order valence-electron chi connectivity index (χ2n) is 5.06. The molecule has 116 valence electrons. The minimum atomic E-state index is -0.567. The van der Waals surface area contributed by atoms with Gasteiger partial charge in [0.05, 0.1) is 0 Å². The Bertz CT molecular complexity index is 809. The monoisotopic (exact) mass is 311 g/mol. The SMILES string of the molecule is C=C1C(O)=C(C(=O)NCc2ccc(F)cc2)Oc2ccccc21. The van der Waals surface area contributed by atoms with Crippen molar-refractivity contribution >= 4 is 11.5 Å². The molecule has 0 atom stereocenters. The molecule has 1 amide bonds. The Morgan fingerprint density at radius 2 is 1.87 bits per heavy atom. The maximum absolute atomic E-state index is 12.9. The van der Waals surface area contributed by atoms with Gasteiger partial charge >= 0.3 is 0 Å². The summed E-state index contributed by atoms with van der Waals surface area (Å²) in [5.41, 5.74) is 1.70. The van der Waals surface area contributed by atoms with E-state index in [9.17, 15) is 14.3 Å². The summed E-state index contributed by atoms with van der Waals surface area (Å²) in [7, 11) is 0. The van der Waals surface area contributed by atoms with E-state index >= 15 is 0 Å². The fraction of sp³-hybridized carbons (Fsp3) is 0.0556. The molecule has 0 aromatic heterocycles. The van der Waals surface area contributed by atoms with Crippen molar-refractivity contribution in [2.24, 2.45) is 0 Å². The van der Waals surface area contributed by atoms with Crippen molar-refractivity contribution in [3.63, 3.8) is 0 Å². The van der Waals surface area contributed by atoms with Gasteiger partial charge in [0.15, 0.2) is 5.76 Å². The average Bonchev–Trinajstić information content (AvgIpc) is 2.57. The van der Waals surface area contributed by atoms with Gasteiger partial charge in [-0.1, -0.05) is 36.9 Å². The van der Waals surface area contributed by atoms with Crippen molar-refractivity contribution < 1.29 is 19.0 Å². The van der Waals surface area contributed by atoms with E-state index < -0.39 is 5.91 Å². The number of hydrogen-bond donors (Lipinski definition) is 2. The summed E-state index contributed by atoms with van der Waals surface area (Å²) < 4.78 is 18.3. The first-order chi connectivity index (χ1) is 11.1. The van der Waals surface area contributed by atoms with Crippen molar-refractivity contribution in [2.45, 2.75) is 6.54 Å². The molecule has 0 unspecified atom stereocenters. The number of ether oxygens (including phenoxy) is 1. The quantitative estimate of drug-likeness (QED) is 0.914. The molecule has 2 N–H and O–H groups in total. The topological polar surface area (TPSA) is 58.6 Å². The van der Waals surface area contributed by atoms with E-state index in [1.54, 1.807) is 36.4 Å². The van der Waals surface area contributed by atoms with Crippen LogP contribution >= 0.6 is 0 Å². The van der Waals surface area contributed by atoms with Gasteiger partial charge in [0, 0.05) is 17.7 Å². The number of allylic oxidation sites excluding steroid dienone is 1.